The highest BCUT2D eigenvalue weighted by atomic mass is 28.3. The minimum atomic E-state index is -1.22. The van der Waals surface area contributed by atoms with Gasteiger partial charge in [-0.3, -0.25) is 4.90 Å². The standard InChI is InChI=1S/C11H15NO6.C3H7NO2.H6OSi2/c1-4-18-11(17)12(5-7(2)9(13)14)6-8(3)10(15)16;1-2-6-3(4)5;2-1-3/h5-6H,4H2,1-3H3,(H,13,14)(H,15,16);2H2,1H3,(H2,4,5);2-3H3. The average Bonchev–Trinajstić information content (AvgIpc) is 2.55. The van der Waals surface area contributed by atoms with Gasteiger partial charge >= 0.3 is 24.1 Å². The zero-order chi connectivity index (χ0) is 22.0. The molecule has 156 valence electrons. The number of carboxylic acids is 2. The molecule has 0 aromatic rings. The molecular formula is C14H28N2O9Si2. The predicted molar refractivity (Wildman–Crippen MR) is 104 cm³/mol. The fourth-order valence-corrected chi connectivity index (χ4v) is 1.01. The van der Waals surface area contributed by atoms with E-state index in [0.29, 0.717) is 6.61 Å². The van der Waals surface area contributed by atoms with Gasteiger partial charge in [0.05, 0.1) is 24.4 Å². The third kappa shape index (κ3) is 19.5. The van der Waals surface area contributed by atoms with E-state index in [1.165, 1.54) is 13.8 Å². The number of nitrogens with zero attached hydrogens (tertiary/aromatic N) is 1. The lowest BCUT2D eigenvalue weighted by molar-refractivity contribution is -0.133. The Morgan fingerprint density at radius 2 is 1.26 bits per heavy atom. The second-order valence-electron chi connectivity index (χ2n) is 4.50. The van der Waals surface area contributed by atoms with Gasteiger partial charge in [-0.25, -0.2) is 19.2 Å². The van der Waals surface area contributed by atoms with Gasteiger partial charge in [-0.05, 0) is 27.7 Å². The van der Waals surface area contributed by atoms with Crippen LogP contribution in [0.2, 0.25) is 0 Å². The molecule has 0 rings (SSSR count). The van der Waals surface area contributed by atoms with Gasteiger partial charge in [-0.15, -0.1) is 0 Å². The summed E-state index contributed by atoms with van der Waals surface area (Å²) >= 11 is 0. The molecule has 11 nitrogen and oxygen atoms in total. The van der Waals surface area contributed by atoms with Gasteiger partial charge in [0.2, 0.25) is 0 Å². The Hall–Kier alpha value is -2.65. The van der Waals surface area contributed by atoms with Crippen LogP contribution >= 0.6 is 0 Å². The number of carbonyl (C=O) groups is 4. The molecule has 0 heterocycles. The summed E-state index contributed by atoms with van der Waals surface area (Å²) in [5, 5.41) is 17.4. The van der Waals surface area contributed by atoms with Crippen molar-refractivity contribution >= 4 is 45.1 Å². The van der Waals surface area contributed by atoms with E-state index in [0.717, 1.165) is 38.3 Å². The highest BCUT2D eigenvalue weighted by Crippen LogP contribution is 2.05. The van der Waals surface area contributed by atoms with Crippen molar-refractivity contribution in [2.75, 3.05) is 13.2 Å². The van der Waals surface area contributed by atoms with E-state index in [2.05, 4.69) is 19.3 Å². The number of rotatable bonds is 6. The number of aliphatic carboxylic acids is 2. The Balaban J connectivity index is -0.000000530. The number of nitrogens with two attached hydrogens (primary N) is 1. The van der Waals surface area contributed by atoms with Gasteiger partial charge in [0.25, 0.3) is 0 Å². The van der Waals surface area contributed by atoms with Crippen molar-refractivity contribution in [3.8, 4) is 0 Å². The van der Waals surface area contributed by atoms with E-state index in [1.54, 1.807) is 13.8 Å². The van der Waals surface area contributed by atoms with E-state index >= 15 is 0 Å². The molecule has 0 saturated heterocycles. The van der Waals surface area contributed by atoms with Crippen molar-refractivity contribution in [3.05, 3.63) is 23.5 Å². The molecule has 13 heteroatoms. The van der Waals surface area contributed by atoms with Crippen molar-refractivity contribution in [2.45, 2.75) is 27.7 Å². The SMILES string of the molecule is CCOC(=O)N(C=C(C)C(=O)O)C=C(C)C(=O)O.CCOC(N)=O.[SiH3]O[SiH3]. The van der Waals surface area contributed by atoms with Gasteiger partial charge in [0.15, 0.2) is 0 Å². The largest absolute Gasteiger partial charge is 0.478 e. The topological polar surface area (TPSA) is 166 Å². The minimum Gasteiger partial charge on any atom is -0.478 e. The quantitative estimate of drug-likeness (QED) is 0.361. The van der Waals surface area contributed by atoms with E-state index in [4.69, 9.17) is 10.2 Å². The molecule has 0 radical (unpaired) electrons. The van der Waals surface area contributed by atoms with Crippen LogP contribution in [0.15, 0.2) is 23.5 Å². The van der Waals surface area contributed by atoms with Crippen LogP contribution in [0.1, 0.15) is 27.7 Å². The van der Waals surface area contributed by atoms with Gasteiger partial charge in [0, 0.05) is 12.4 Å². The molecule has 0 aromatic carbocycles. The van der Waals surface area contributed by atoms with Crippen molar-refractivity contribution in [2.24, 2.45) is 5.73 Å². The Kier molecular flexibility index (Phi) is 19.6. The molecule has 27 heavy (non-hydrogen) atoms. The Labute approximate surface area is 163 Å². The zero-order valence-corrected chi connectivity index (χ0v) is 20.3. The van der Waals surface area contributed by atoms with Crippen molar-refractivity contribution in [1.29, 1.82) is 0 Å². The van der Waals surface area contributed by atoms with Gasteiger partial charge < -0.3 is 29.5 Å². The summed E-state index contributed by atoms with van der Waals surface area (Å²) in [5.41, 5.74) is 4.29. The van der Waals surface area contributed by atoms with E-state index < -0.39 is 24.1 Å². The summed E-state index contributed by atoms with van der Waals surface area (Å²) in [6, 6.07) is 0. The fourth-order valence-electron chi connectivity index (χ4n) is 1.01. The summed E-state index contributed by atoms with van der Waals surface area (Å²) in [4.78, 5) is 43.2. The molecule has 0 unspecified atom stereocenters. The molecule has 0 aliphatic heterocycles. The van der Waals surface area contributed by atoms with Crippen LogP contribution in [0.3, 0.4) is 0 Å². The molecule has 0 aliphatic carbocycles. The van der Waals surface area contributed by atoms with Crippen LogP contribution in [0.4, 0.5) is 9.59 Å². The molecule has 2 amide bonds. The first kappa shape index (κ1) is 29.1. The average molecular weight is 425 g/mol. The first-order valence-electron chi connectivity index (χ1n) is 7.59. The number of amides is 2. The second-order valence-corrected chi connectivity index (χ2v) is 7.77. The normalized spacial score (nSPS) is 10.5. The van der Waals surface area contributed by atoms with E-state index in [9.17, 15) is 19.2 Å². The molecule has 0 aromatic heterocycles. The highest BCUT2D eigenvalue weighted by Gasteiger charge is 2.14. The maximum atomic E-state index is 11.5. The second kappa shape index (κ2) is 18.2. The molecule has 4 N–H and O–H groups in total. The van der Waals surface area contributed by atoms with E-state index in [-0.39, 0.29) is 17.8 Å². The zero-order valence-electron chi connectivity index (χ0n) is 16.3. The highest BCUT2D eigenvalue weighted by molar-refractivity contribution is 6.15. The number of carbonyl (C=O) groups excluding carboxylic acids is 2. The van der Waals surface area contributed by atoms with Gasteiger partial charge in [0.1, 0.15) is 21.0 Å². The maximum absolute atomic E-state index is 11.5. The molecule has 0 atom stereocenters. The summed E-state index contributed by atoms with van der Waals surface area (Å²) in [5.74, 6) is -2.43. The van der Waals surface area contributed by atoms with Crippen LogP contribution in [0.5, 0.6) is 0 Å². The van der Waals surface area contributed by atoms with Crippen LogP contribution in [0, 0.1) is 0 Å². The third-order valence-corrected chi connectivity index (χ3v) is 2.11. The Bertz CT molecular complexity index is 521. The van der Waals surface area contributed by atoms with Gasteiger partial charge in [-0.1, -0.05) is 0 Å². The smallest absolute Gasteiger partial charge is 0.417 e. The first-order valence-corrected chi connectivity index (χ1v) is 9.22. The number of hydrogen-bond donors (Lipinski definition) is 3. The number of hydrogen-bond acceptors (Lipinski definition) is 7. The molecule has 0 saturated carbocycles. The predicted octanol–water partition coefficient (Wildman–Crippen LogP) is -0.913. The Morgan fingerprint density at radius 3 is 1.44 bits per heavy atom. The lowest BCUT2D eigenvalue weighted by Gasteiger charge is -2.14. The summed E-state index contributed by atoms with van der Waals surface area (Å²) in [6.45, 7) is 6.28. The summed E-state index contributed by atoms with van der Waals surface area (Å²) in [7, 11) is 1.86. The molecule has 0 fully saturated rings. The van der Waals surface area contributed by atoms with Gasteiger partial charge in [-0.2, -0.15) is 0 Å². The van der Waals surface area contributed by atoms with Crippen LogP contribution < -0.4 is 5.73 Å². The summed E-state index contributed by atoms with van der Waals surface area (Å²) < 4.78 is 13.4. The van der Waals surface area contributed by atoms with Crippen molar-refractivity contribution in [1.82, 2.24) is 4.90 Å². The third-order valence-electron chi connectivity index (χ3n) is 2.11. The van der Waals surface area contributed by atoms with Crippen LogP contribution in [0.25, 0.3) is 0 Å². The molecular weight excluding hydrogens is 396 g/mol. The maximum Gasteiger partial charge on any atom is 0.417 e. The van der Waals surface area contributed by atoms with Crippen LogP contribution in [-0.4, -0.2) is 73.4 Å². The lowest BCUT2D eigenvalue weighted by atomic mass is 10.3. The first-order chi connectivity index (χ1) is 12.5. The monoisotopic (exact) mass is 424 g/mol. The van der Waals surface area contributed by atoms with Crippen LogP contribution in [-0.2, 0) is 23.2 Å². The minimum absolute atomic E-state index is 0.0925. The number of carboxylic acid groups (broad SMARTS) is 2. The number of ether oxygens (including phenoxy) is 2. The summed E-state index contributed by atoms with van der Waals surface area (Å²) in [6.07, 6.45) is 0.427. The van der Waals surface area contributed by atoms with E-state index in [1.807, 2.05) is 0 Å². The fraction of sp³-hybridized carbons (Fsp3) is 0.429. The molecule has 0 spiro atoms. The van der Waals surface area contributed by atoms with Crippen molar-refractivity contribution in [3.63, 3.8) is 0 Å². The lowest BCUT2D eigenvalue weighted by Crippen LogP contribution is -2.23. The number of primary amides is 1. The molecule has 0 aliphatic rings. The Morgan fingerprint density at radius 1 is 0.926 bits per heavy atom. The molecule has 0 bridgehead atoms. The van der Waals surface area contributed by atoms with Crippen molar-refractivity contribution < 1.29 is 43.0 Å².